The fourth-order valence-corrected chi connectivity index (χ4v) is 4.12. The van der Waals surface area contributed by atoms with E-state index in [1.54, 1.807) is 11.1 Å². The van der Waals surface area contributed by atoms with Crippen LogP contribution in [0.25, 0.3) is 22.6 Å². The lowest BCUT2D eigenvalue weighted by molar-refractivity contribution is 0.0996. The largest absolute Gasteiger partial charge is 0.327 e. The van der Waals surface area contributed by atoms with Crippen molar-refractivity contribution in [2.24, 2.45) is 0 Å². The van der Waals surface area contributed by atoms with Gasteiger partial charge in [0.05, 0.1) is 6.54 Å². The van der Waals surface area contributed by atoms with Gasteiger partial charge in [0, 0.05) is 24.0 Å². The van der Waals surface area contributed by atoms with Crippen LogP contribution in [0.5, 0.6) is 0 Å². The van der Waals surface area contributed by atoms with E-state index in [0.29, 0.717) is 12.4 Å². The van der Waals surface area contributed by atoms with E-state index in [4.69, 9.17) is 4.98 Å². The first-order chi connectivity index (χ1) is 15.0. The number of carbonyl (C=O) groups excluding carboxylic acids is 1. The predicted octanol–water partition coefficient (Wildman–Crippen LogP) is 5.66. The van der Waals surface area contributed by atoms with Gasteiger partial charge in [0.25, 0.3) is 5.91 Å². The first kappa shape index (κ1) is 19.2. The highest BCUT2D eigenvalue weighted by Crippen LogP contribution is 2.32. The molecule has 0 atom stereocenters. The van der Waals surface area contributed by atoms with Gasteiger partial charge in [-0.3, -0.25) is 9.69 Å². The molecule has 31 heavy (non-hydrogen) atoms. The summed E-state index contributed by atoms with van der Waals surface area (Å²) in [6.07, 6.45) is 3.74. The van der Waals surface area contributed by atoms with Gasteiger partial charge in [-0.1, -0.05) is 48.0 Å². The predicted molar refractivity (Wildman–Crippen MR) is 123 cm³/mol. The van der Waals surface area contributed by atoms with Gasteiger partial charge in [0.15, 0.2) is 5.82 Å². The zero-order valence-electron chi connectivity index (χ0n) is 17.9. The maximum atomic E-state index is 13.3. The number of anilines is 1. The third-order valence-electron chi connectivity index (χ3n) is 5.73. The third-order valence-corrected chi connectivity index (χ3v) is 5.73. The van der Waals surface area contributed by atoms with Gasteiger partial charge in [-0.25, -0.2) is 9.97 Å². The molecule has 154 valence electrons. The fraction of sp³-hybridized carbons (Fsp3) is 0.192. The number of hydrogen-bond donors (Lipinski definition) is 0. The number of nitrogens with zero attached hydrogens (tertiary/aromatic N) is 4. The Labute approximate surface area is 182 Å². The van der Waals surface area contributed by atoms with Crippen LogP contribution in [0.15, 0.2) is 73.1 Å². The summed E-state index contributed by atoms with van der Waals surface area (Å²) in [6.45, 7) is 6.83. The van der Waals surface area contributed by atoms with Crippen molar-refractivity contribution in [3.8, 4) is 22.6 Å². The summed E-state index contributed by atoms with van der Waals surface area (Å²) in [5, 5.41) is 0. The van der Waals surface area contributed by atoms with E-state index in [0.717, 1.165) is 33.8 Å². The molecule has 5 nitrogen and oxygen atoms in total. The highest BCUT2D eigenvalue weighted by atomic mass is 16.2. The van der Waals surface area contributed by atoms with E-state index in [9.17, 15) is 4.79 Å². The minimum absolute atomic E-state index is 0.0126. The average molecular weight is 409 g/mol. The number of aromatic nitrogens is 3. The molecule has 0 unspecified atom stereocenters. The lowest BCUT2D eigenvalue weighted by atomic mass is 9.99. The van der Waals surface area contributed by atoms with E-state index in [1.165, 1.54) is 5.56 Å². The summed E-state index contributed by atoms with van der Waals surface area (Å²) in [7, 11) is 0. The molecular weight excluding hydrogens is 384 g/mol. The van der Waals surface area contributed by atoms with Crippen molar-refractivity contribution in [1.82, 2.24) is 14.5 Å². The average Bonchev–Trinajstić information content (AvgIpc) is 3.39. The number of benzene rings is 2. The number of imidazole rings is 1. The highest BCUT2D eigenvalue weighted by molar-refractivity contribution is 6.10. The molecule has 0 saturated carbocycles. The minimum Gasteiger partial charge on any atom is -0.327 e. The molecule has 0 saturated heterocycles. The number of carbonyl (C=O) groups is 1. The standard InChI is InChI=1S/C26H24N4O/c1-17(2)29-13-12-27-25(29)23-8-5-9-24(28-23)30-16-21-11-10-20(15-22(21)26(30)31)19-7-4-6-18(3)14-19/h4-15,17H,16H2,1-3H3. The molecule has 5 heteroatoms. The third kappa shape index (κ3) is 3.42. The van der Waals surface area contributed by atoms with Crippen molar-refractivity contribution in [2.45, 2.75) is 33.4 Å². The van der Waals surface area contributed by atoms with Crippen molar-refractivity contribution >= 4 is 11.7 Å². The molecule has 0 N–H and O–H groups in total. The Kier molecular flexibility index (Phi) is 4.66. The second kappa shape index (κ2) is 7.51. The molecule has 0 fully saturated rings. The number of pyridine rings is 1. The van der Waals surface area contributed by atoms with Gasteiger partial charge >= 0.3 is 0 Å². The maximum absolute atomic E-state index is 13.3. The van der Waals surface area contributed by atoms with Crippen molar-refractivity contribution in [1.29, 1.82) is 0 Å². The lowest BCUT2D eigenvalue weighted by Crippen LogP contribution is -2.24. The number of rotatable bonds is 4. The topological polar surface area (TPSA) is 51.0 Å². The van der Waals surface area contributed by atoms with E-state index in [2.05, 4.69) is 60.7 Å². The highest BCUT2D eigenvalue weighted by Gasteiger charge is 2.30. The Hall–Kier alpha value is -3.73. The van der Waals surface area contributed by atoms with Crippen LogP contribution in [0.3, 0.4) is 0 Å². The van der Waals surface area contributed by atoms with E-state index in [1.807, 2.05) is 36.5 Å². The van der Waals surface area contributed by atoms with Crippen molar-refractivity contribution < 1.29 is 4.79 Å². The molecule has 0 spiro atoms. The van der Waals surface area contributed by atoms with E-state index < -0.39 is 0 Å². The fourth-order valence-electron chi connectivity index (χ4n) is 4.12. The molecule has 0 aliphatic carbocycles. The van der Waals surface area contributed by atoms with Gasteiger partial charge in [-0.2, -0.15) is 0 Å². The van der Waals surface area contributed by atoms with Crippen molar-refractivity contribution in [3.63, 3.8) is 0 Å². The molecule has 1 aliphatic rings. The molecule has 1 aliphatic heterocycles. The normalized spacial score (nSPS) is 13.2. The van der Waals surface area contributed by atoms with Crippen molar-refractivity contribution in [2.75, 3.05) is 4.90 Å². The number of amides is 1. The molecule has 2 aromatic carbocycles. The molecule has 5 rings (SSSR count). The van der Waals surface area contributed by atoms with E-state index in [-0.39, 0.29) is 11.9 Å². The molecule has 4 aromatic rings. The minimum atomic E-state index is -0.0126. The quantitative estimate of drug-likeness (QED) is 0.438. The van der Waals surface area contributed by atoms with Crippen LogP contribution < -0.4 is 4.90 Å². The summed E-state index contributed by atoms with van der Waals surface area (Å²) in [4.78, 5) is 24.3. The summed E-state index contributed by atoms with van der Waals surface area (Å²) in [6, 6.07) is 20.5. The molecule has 0 bridgehead atoms. The summed E-state index contributed by atoms with van der Waals surface area (Å²) in [5.74, 6) is 1.44. The van der Waals surface area contributed by atoms with Crippen LogP contribution in [0.4, 0.5) is 5.82 Å². The van der Waals surface area contributed by atoms with Crippen LogP contribution in [0.1, 0.15) is 41.4 Å². The van der Waals surface area contributed by atoms with Gasteiger partial charge < -0.3 is 4.57 Å². The van der Waals surface area contributed by atoms with Crippen LogP contribution >= 0.6 is 0 Å². The van der Waals surface area contributed by atoms with Gasteiger partial charge in [0.1, 0.15) is 11.5 Å². The maximum Gasteiger partial charge on any atom is 0.260 e. The van der Waals surface area contributed by atoms with Gasteiger partial charge in [-0.15, -0.1) is 0 Å². The van der Waals surface area contributed by atoms with Gasteiger partial charge in [0.2, 0.25) is 0 Å². The summed E-state index contributed by atoms with van der Waals surface area (Å²) in [5.41, 5.74) is 5.91. The second-order valence-electron chi connectivity index (χ2n) is 8.27. The Morgan fingerprint density at radius 3 is 2.58 bits per heavy atom. The number of hydrogen-bond acceptors (Lipinski definition) is 3. The van der Waals surface area contributed by atoms with Crippen LogP contribution in [-0.2, 0) is 6.54 Å². The van der Waals surface area contributed by atoms with Crippen LogP contribution in [0, 0.1) is 6.92 Å². The Balaban J connectivity index is 1.48. The lowest BCUT2D eigenvalue weighted by Gasteiger charge is -2.16. The molecule has 3 heterocycles. The molecule has 2 aromatic heterocycles. The smallest absolute Gasteiger partial charge is 0.260 e. The molecular formula is C26H24N4O. The summed E-state index contributed by atoms with van der Waals surface area (Å²) < 4.78 is 2.08. The number of aryl methyl sites for hydroxylation is 1. The van der Waals surface area contributed by atoms with Gasteiger partial charge in [-0.05, 0) is 55.7 Å². The first-order valence-electron chi connectivity index (χ1n) is 10.5. The first-order valence-corrected chi connectivity index (χ1v) is 10.5. The second-order valence-corrected chi connectivity index (χ2v) is 8.27. The van der Waals surface area contributed by atoms with Crippen LogP contribution in [-0.4, -0.2) is 20.4 Å². The van der Waals surface area contributed by atoms with Crippen molar-refractivity contribution in [3.05, 3.63) is 89.7 Å². The van der Waals surface area contributed by atoms with E-state index >= 15 is 0 Å². The zero-order chi connectivity index (χ0) is 21.5. The zero-order valence-corrected chi connectivity index (χ0v) is 17.9. The Morgan fingerprint density at radius 1 is 0.968 bits per heavy atom. The Morgan fingerprint density at radius 2 is 1.77 bits per heavy atom. The number of fused-ring (bicyclic) bond motifs is 1. The molecule has 1 amide bonds. The Bertz CT molecular complexity index is 1290. The SMILES string of the molecule is Cc1cccc(-c2ccc3c(c2)C(=O)N(c2cccc(-c4nccn4C(C)C)n2)C3)c1. The monoisotopic (exact) mass is 408 g/mol. The van der Waals surface area contributed by atoms with Crippen LogP contribution in [0.2, 0.25) is 0 Å². The summed E-state index contributed by atoms with van der Waals surface area (Å²) >= 11 is 0. The molecule has 0 radical (unpaired) electrons.